The van der Waals surface area contributed by atoms with Crippen molar-refractivity contribution >= 4 is 11.0 Å². The van der Waals surface area contributed by atoms with E-state index in [0.29, 0.717) is 36.5 Å². The molecule has 31 heavy (non-hydrogen) atoms. The Kier molecular flexibility index (Phi) is 4.87. The molecule has 3 aromatic rings. The number of ether oxygens (including phenoxy) is 1. The highest BCUT2D eigenvalue weighted by Gasteiger charge is 2.45. The number of rotatable bonds is 3. The van der Waals surface area contributed by atoms with Gasteiger partial charge in [0.05, 0.1) is 11.4 Å². The van der Waals surface area contributed by atoms with Gasteiger partial charge in [-0.15, -0.1) is 0 Å². The van der Waals surface area contributed by atoms with Crippen LogP contribution in [0.15, 0.2) is 18.5 Å². The van der Waals surface area contributed by atoms with Crippen LogP contribution < -0.4 is 10.1 Å². The number of aliphatic hydroxyl groups excluding tert-OH is 2. The van der Waals surface area contributed by atoms with Gasteiger partial charge in [0.25, 0.3) is 0 Å². The van der Waals surface area contributed by atoms with Gasteiger partial charge in [-0.05, 0) is 19.9 Å². The summed E-state index contributed by atoms with van der Waals surface area (Å²) >= 11 is 0. The smallest absolute Gasteiger partial charge is 0.162 e. The number of aromatic nitrogens is 3. The molecule has 1 aliphatic carbocycles. The van der Waals surface area contributed by atoms with Crippen molar-refractivity contribution < 1.29 is 28.1 Å². The summed E-state index contributed by atoms with van der Waals surface area (Å²) in [6, 6.07) is 0.245. The Morgan fingerprint density at radius 3 is 2.77 bits per heavy atom. The lowest BCUT2D eigenvalue weighted by molar-refractivity contribution is -0.0167. The SMILES string of the molecule is Cc1ncc2c(F)cn(C3CC(Oc4cc(F)c(F)c5c4CNCC5)C(O)C3O)c2n1. The third-order valence-electron chi connectivity index (χ3n) is 6.13. The van der Waals surface area contributed by atoms with Crippen molar-refractivity contribution in [3.63, 3.8) is 0 Å². The van der Waals surface area contributed by atoms with E-state index in [0.717, 1.165) is 6.07 Å². The zero-order valence-corrected chi connectivity index (χ0v) is 16.6. The predicted molar refractivity (Wildman–Crippen MR) is 104 cm³/mol. The molecule has 1 fully saturated rings. The maximum atomic E-state index is 14.4. The molecule has 0 spiro atoms. The van der Waals surface area contributed by atoms with Crippen molar-refractivity contribution in [1.29, 1.82) is 0 Å². The summed E-state index contributed by atoms with van der Waals surface area (Å²) in [6.07, 6.45) is -0.458. The second kappa shape index (κ2) is 7.47. The minimum atomic E-state index is -1.31. The molecular formula is C21H21F3N4O3. The molecule has 3 heterocycles. The summed E-state index contributed by atoms with van der Waals surface area (Å²) in [5, 5.41) is 24.6. The minimum Gasteiger partial charge on any atom is -0.487 e. The summed E-state index contributed by atoms with van der Waals surface area (Å²) in [5.74, 6) is -1.89. The Morgan fingerprint density at radius 2 is 1.97 bits per heavy atom. The minimum absolute atomic E-state index is 0.121. The predicted octanol–water partition coefficient (Wildman–Crippen LogP) is 1.92. The number of halogens is 3. The van der Waals surface area contributed by atoms with Crippen LogP contribution in [0.3, 0.4) is 0 Å². The van der Waals surface area contributed by atoms with Crippen LogP contribution in [0, 0.1) is 24.4 Å². The highest BCUT2D eigenvalue weighted by Crippen LogP contribution is 2.38. The maximum absolute atomic E-state index is 14.4. The average molecular weight is 434 g/mol. The lowest BCUT2D eigenvalue weighted by atomic mass is 9.99. The van der Waals surface area contributed by atoms with Gasteiger partial charge >= 0.3 is 0 Å². The van der Waals surface area contributed by atoms with E-state index in [-0.39, 0.29) is 23.1 Å². The molecule has 7 nitrogen and oxygen atoms in total. The van der Waals surface area contributed by atoms with Gasteiger partial charge in [-0.25, -0.2) is 23.1 Å². The van der Waals surface area contributed by atoms with Crippen LogP contribution in [0.25, 0.3) is 11.0 Å². The van der Waals surface area contributed by atoms with Crippen LogP contribution in [-0.4, -0.2) is 49.6 Å². The van der Waals surface area contributed by atoms with E-state index >= 15 is 0 Å². The number of hydrogen-bond acceptors (Lipinski definition) is 6. The van der Waals surface area contributed by atoms with Gasteiger partial charge in [-0.3, -0.25) is 0 Å². The van der Waals surface area contributed by atoms with Gasteiger partial charge in [0.1, 0.15) is 35.5 Å². The Hall–Kier alpha value is -2.69. The molecule has 10 heteroatoms. The largest absolute Gasteiger partial charge is 0.487 e. The Labute approximate surface area is 175 Å². The second-order valence-electron chi connectivity index (χ2n) is 8.03. The van der Waals surface area contributed by atoms with E-state index in [4.69, 9.17) is 4.74 Å². The average Bonchev–Trinajstić information content (AvgIpc) is 3.22. The molecule has 5 rings (SSSR count). The Balaban J connectivity index is 1.48. The van der Waals surface area contributed by atoms with Crippen molar-refractivity contribution in [2.24, 2.45) is 0 Å². The molecule has 1 saturated carbocycles. The highest BCUT2D eigenvalue weighted by atomic mass is 19.2. The summed E-state index contributed by atoms with van der Waals surface area (Å²) in [7, 11) is 0. The summed E-state index contributed by atoms with van der Waals surface area (Å²) < 4.78 is 50.0. The van der Waals surface area contributed by atoms with Crippen molar-refractivity contribution in [3.8, 4) is 5.75 Å². The van der Waals surface area contributed by atoms with Crippen molar-refractivity contribution in [3.05, 3.63) is 52.9 Å². The fourth-order valence-electron chi connectivity index (χ4n) is 4.53. The maximum Gasteiger partial charge on any atom is 0.162 e. The highest BCUT2D eigenvalue weighted by molar-refractivity contribution is 5.76. The molecule has 4 unspecified atom stereocenters. The molecule has 0 saturated heterocycles. The number of fused-ring (bicyclic) bond motifs is 2. The summed E-state index contributed by atoms with van der Waals surface area (Å²) in [4.78, 5) is 8.26. The molecule has 0 radical (unpaired) electrons. The fourth-order valence-corrected chi connectivity index (χ4v) is 4.53. The van der Waals surface area contributed by atoms with E-state index in [1.807, 2.05) is 0 Å². The molecule has 0 bridgehead atoms. The van der Waals surface area contributed by atoms with E-state index in [1.54, 1.807) is 6.92 Å². The molecule has 0 amide bonds. The van der Waals surface area contributed by atoms with E-state index < -0.39 is 41.8 Å². The van der Waals surface area contributed by atoms with Gasteiger partial charge in [-0.2, -0.15) is 0 Å². The van der Waals surface area contributed by atoms with Gasteiger partial charge in [0, 0.05) is 42.6 Å². The van der Waals surface area contributed by atoms with Crippen LogP contribution in [0.2, 0.25) is 0 Å². The second-order valence-corrected chi connectivity index (χ2v) is 8.03. The van der Waals surface area contributed by atoms with E-state index in [1.165, 1.54) is 17.0 Å². The number of aryl methyl sites for hydroxylation is 1. The quantitative estimate of drug-likeness (QED) is 0.584. The third-order valence-corrected chi connectivity index (χ3v) is 6.13. The molecule has 2 aliphatic rings. The first-order chi connectivity index (χ1) is 14.8. The topological polar surface area (TPSA) is 92.4 Å². The molecule has 164 valence electrons. The van der Waals surface area contributed by atoms with Crippen LogP contribution in [0.5, 0.6) is 5.75 Å². The van der Waals surface area contributed by atoms with Gasteiger partial charge in [0.2, 0.25) is 0 Å². The number of aliphatic hydroxyl groups is 2. The van der Waals surface area contributed by atoms with E-state index in [9.17, 15) is 23.4 Å². The molecular weight excluding hydrogens is 413 g/mol. The van der Waals surface area contributed by atoms with Crippen LogP contribution in [0.4, 0.5) is 13.2 Å². The Morgan fingerprint density at radius 1 is 1.16 bits per heavy atom. The van der Waals surface area contributed by atoms with Crippen LogP contribution in [-0.2, 0) is 13.0 Å². The van der Waals surface area contributed by atoms with Crippen LogP contribution in [0.1, 0.15) is 29.4 Å². The van der Waals surface area contributed by atoms with Crippen molar-refractivity contribution in [2.45, 2.75) is 50.7 Å². The normalized spacial score (nSPS) is 25.7. The molecule has 1 aliphatic heterocycles. The van der Waals surface area contributed by atoms with Crippen LogP contribution >= 0.6 is 0 Å². The van der Waals surface area contributed by atoms with Crippen molar-refractivity contribution in [2.75, 3.05) is 6.54 Å². The van der Waals surface area contributed by atoms with E-state index in [2.05, 4.69) is 15.3 Å². The first kappa shape index (κ1) is 20.2. The molecule has 3 N–H and O–H groups in total. The lowest BCUT2D eigenvalue weighted by Crippen LogP contribution is -2.35. The summed E-state index contributed by atoms with van der Waals surface area (Å²) in [6.45, 7) is 2.49. The number of benzene rings is 1. The Bertz CT molecular complexity index is 1170. The first-order valence-corrected chi connectivity index (χ1v) is 10.1. The third kappa shape index (κ3) is 3.26. The van der Waals surface area contributed by atoms with Crippen molar-refractivity contribution in [1.82, 2.24) is 19.9 Å². The zero-order valence-electron chi connectivity index (χ0n) is 16.6. The monoisotopic (exact) mass is 434 g/mol. The van der Waals surface area contributed by atoms with Gasteiger partial charge < -0.3 is 24.8 Å². The lowest BCUT2D eigenvalue weighted by Gasteiger charge is -2.25. The standard InChI is InChI=1S/C21H21F3N4O3/c1-9-26-7-12-14(23)8-28(21(12)27-9)15-5-17(20(30)19(15)29)31-16-4-13(22)18(24)10-2-3-25-6-11(10)16/h4,7-8,15,17,19-20,25,29-30H,2-3,5-6H2,1H3. The van der Waals surface area contributed by atoms with Gasteiger partial charge in [0.15, 0.2) is 17.5 Å². The summed E-state index contributed by atoms with van der Waals surface area (Å²) in [5.41, 5.74) is 1.05. The molecule has 1 aromatic carbocycles. The molecule has 2 aromatic heterocycles. The molecule has 4 atom stereocenters. The van der Waals surface area contributed by atoms with Gasteiger partial charge in [-0.1, -0.05) is 0 Å². The fraction of sp³-hybridized carbons (Fsp3) is 0.429. The first-order valence-electron chi connectivity index (χ1n) is 10.1. The number of hydrogen-bond donors (Lipinski definition) is 3. The number of nitrogens with one attached hydrogen (secondary N) is 1. The zero-order chi connectivity index (χ0) is 21.9. The number of nitrogens with zero attached hydrogens (tertiary/aromatic N) is 3.